The highest BCUT2D eigenvalue weighted by molar-refractivity contribution is 7.89. The molecule has 0 aromatic carbocycles. The fourth-order valence-corrected chi connectivity index (χ4v) is 4.26. The molecule has 0 N–H and O–H groups in total. The highest BCUT2D eigenvalue weighted by Gasteiger charge is 2.31. The number of piperidine rings is 1. The maximum atomic E-state index is 12.6. The van der Waals surface area contributed by atoms with Crippen LogP contribution in [0.2, 0.25) is 0 Å². The zero-order valence-electron chi connectivity index (χ0n) is 11.9. The molecule has 21 heavy (non-hydrogen) atoms. The van der Waals surface area contributed by atoms with E-state index in [0.29, 0.717) is 13.1 Å². The van der Waals surface area contributed by atoms with Crippen LogP contribution < -0.4 is 0 Å². The third-order valence-corrected chi connectivity index (χ3v) is 5.70. The summed E-state index contributed by atoms with van der Waals surface area (Å²) in [5, 5.41) is 3.96. The molecule has 0 saturated carbocycles. The van der Waals surface area contributed by atoms with Crippen LogP contribution in [0.5, 0.6) is 0 Å². The lowest BCUT2D eigenvalue weighted by atomic mass is 9.92. The Hall–Kier alpha value is -1.73. The quantitative estimate of drug-likeness (QED) is 0.859. The lowest BCUT2D eigenvalue weighted by molar-refractivity contribution is 0.315. The van der Waals surface area contributed by atoms with Crippen LogP contribution in [0.25, 0.3) is 0 Å². The van der Waals surface area contributed by atoms with Crippen molar-refractivity contribution >= 4 is 10.0 Å². The molecule has 0 amide bonds. The minimum atomic E-state index is -3.45. The SMILES string of the molecule is Cn1cc(S(=O)(=O)N2CCC[C@H](c3ccncc3)C2)cn1. The second-order valence-corrected chi connectivity index (χ2v) is 7.27. The van der Waals surface area contributed by atoms with Crippen molar-refractivity contribution in [2.75, 3.05) is 13.1 Å². The van der Waals surface area contributed by atoms with Crippen molar-refractivity contribution in [3.05, 3.63) is 42.5 Å². The van der Waals surface area contributed by atoms with Gasteiger partial charge in [-0.25, -0.2) is 8.42 Å². The lowest BCUT2D eigenvalue weighted by Gasteiger charge is -2.31. The number of hydrogen-bond acceptors (Lipinski definition) is 4. The number of aromatic nitrogens is 3. The zero-order valence-corrected chi connectivity index (χ0v) is 12.7. The minimum Gasteiger partial charge on any atom is -0.274 e. The summed E-state index contributed by atoms with van der Waals surface area (Å²) in [6.07, 6.45) is 8.33. The van der Waals surface area contributed by atoms with Gasteiger partial charge in [-0.2, -0.15) is 9.40 Å². The average molecular weight is 306 g/mol. The smallest absolute Gasteiger partial charge is 0.246 e. The van der Waals surface area contributed by atoms with Gasteiger partial charge in [-0.1, -0.05) is 0 Å². The molecule has 0 unspecified atom stereocenters. The Labute approximate surface area is 124 Å². The highest BCUT2D eigenvalue weighted by atomic mass is 32.2. The van der Waals surface area contributed by atoms with Crippen LogP contribution in [0.3, 0.4) is 0 Å². The fraction of sp³-hybridized carbons (Fsp3) is 0.429. The van der Waals surface area contributed by atoms with E-state index in [1.807, 2.05) is 12.1 Å². The first kappa shape index (κ1) is 14.2. The van der Waals surface area contributed by atoms with Gasteiger partial charge in [-0.05, 0) is 36.5 Å². The molecule has 3 heterocycles. The van der Waals surface area contributed by atoms with Gasteiger partial charge < -0.3 is 0 Å². The van der Waals surface area contributed by atoms with Crippen LogP contribution in [-0.2, 0) is 17.1 Å². The molecule has 112 valence electrons. The third-order valence-electron chi connectivity index (χ3n) is 3.88. The molecule has 1 fully saturated rings. The van der Waals surface area contributed by atoms with E-state index in [0.717, 1.165) is 18.4 Å². The maximum absolute atomic E-state index is 12.6. The number of hydrogen-bond donors (Lipinski definition) is 0. The summed E-state index contributed by atoms with van der Waals surface area (Å²) in [4.78, 5) is 4.28. The van der Waals surface area contributed by atoms with Gasteiger partial charge in [-0.15, -0.1) is 0 Å². The van der Waals surface area contributed by atoms with Gasteiger partial charge >= 0.3 is 0 Å². The molecular weight excluding hydrogens is 288 g/mol. The van der Waals surface area contributed by atoms with Crippen LogP contribution in [0.4, 0.5) is 0 Å². The minimum absolute atomic E-state index is 0.230. The van der Waals surface area contributed by atoms with Gasteiger partial charge in [0.25, 0.3) is 0 Å². The van der Waals surface area contributed by atoms with Crippen molar-refractivity contribution in [1.29, 1.82) is 0 Å². The topological polar surface area (TPSA) is 68.1 Å². The summed E-state index contributed by atoms with van der Waals surface area (Å²) in [5.74, 6) is 0.230. The maximum Gasteiger partial charge on any atom is 0.246 e. The van der Waals surface area contributed by atoms with Gasteiger partial charge in [0, 0.05) is 38.7 Å². The second-order valence-electron chi connectivity index (χ2n) is 5.33. The Morgan fingerprint density at radius 3 is 2.71 bits per heavy atom. The number of nitrogens with zero attached hydrogens (tertiary/aromatic N) is 4. The van der Waals surface area contributed by atoms with E-state index in [1.54, 1.807) is 29.9 Å². The first-order valence-electron chi connectivity index (χ1n) is 6.96. The molecule has 1 atom stereocenters. The van der Waals surface area contributed by atoms with Crippen molar-refractivity contribution in [1.82, 2.24) is 19.1 Å². The largest absolute Gasteiger partial charge is 0.274 e. The summed E-state index contributed by atoms with van der Waals surface area (Å²) in [5.41, 5.74) is 1.15. The summed E-state index contributed by atoms with van der Waals surface area (Å²) in [6.45, 7) is 1.08. The van der Waals surface area contributed by atoms with Crippen molar-refractivity contribution in [2.45, 2.75) is 23.7 Å². The first-order valence-corrected chi connectivity index (χ1v) is 8.40. The molecule has 2 aromatic heterocycles. The molecule has 0 spiro atoms. The summed E-state index contributed by atoms with van der Waals surface area (Å²) in [7, 11) is -1.73. The molecule has 0 radical (unpaired) electrons. The van der Waals surface area contributed by atoms with Crippen LogP contribution in [0, 0.1) is 0 Å². The second kappa shape index (κ2) is 5.57. The average Bonchev–Trinajstić information content (AvgIpc) is 2.96. The van der Waals surface area contributed by atoms with E-state index in [9.17, 15) is 8.42 Å². The van der Waals surface area contributed by atoms with Crippen LogP contribution in [0.1, 0.15) is 24.3 Å². The molecule has 1 aliphatic rings. The van der Waals surface area contributed by atoms with Crippen LogP contribution >= 0.6 is 0 Å². The molecule has 3 rings (SSSR count). The van der Waals surface area contributed by atoms with E-state index in [2.05, 4.69) is 10.1 Å². The Kier molecular flexibility index (Phi) is 3.77. The first-order chi connectivity index (χ1) is 10.1. The third kappa shape index (κ3) is 2.84. The molecule has 0 aliphatic carbocycles. The van der Waals surface area contributed by atoms with E-state index >= 15 is 0 Å². The fourth-order valence-electron chi connectivity index (χ4n) is 2.75. The van der Waals surface area contributed by atoms with Crippen molar-refractivity contribution in [3.8, 4) is 0 Å². The van der Waals surface area contributed by atoms with Crippen LogP contribution in [-0.4, -0.2) is 40.6 Å². The van der Waals surface area contributed by atoms with Gasteiger partial charge in [0.2, 0.25) is 10.0 Å². The van der Waals surface area contributed by atoms with E-state index in [1.165, 1.54) is 10.9 Å². The predicted molar refractivity (Wildman–Crippen MR) is 78.2 cm³/mol. The molecule has 1 aliphatic heterocycles. The lowest BCUT2D eigenvalue weighted by Crippen LogP contribution is -2.38. The molecule has 7 heteroatoms. The number of sulfonamides is 1. The molecule has 6 nitrogen and oxygen atoms in total. The number of rotatable bonds is 3. The van der Waals surface area contributed by atoms with Crippen molar-refractivity contribution in [3.63, 3.8) is 0 Å². The Morgan fingerprint density at radius 1 is 1.29 bits per heavy atom. The van der Waals surface area contributed by atoms with E-state index in [-0.39, 0.29) is 10.8 Å². The van der Waals surface area contributed by atoms with Gasteiger partial charge in [-0.3, -0.25) is 9.67 Å². The van der Waals surface area contributed by atoms with E-state index in [4.69, 9.17) is 0 Å². The normalized spacial score (nSPS) is 20.5. The predicted octanol–water partition coefficient (Wildman–Crippen LogP) is 1.38. The van der Waals surface area contributed by atoms with Crippen molar-refractivity contribution < 1.29 is 8.42 Å². The standard InChI is InChI=1S/C14H18N4O2S/c1-17-11-14(9-16-17)21(19,20)18-8-2-3-13(10-18)12-4-6-15-7-5-12/h4-7,9,11,13H,2-3,8,10H2,1H3/t13-/m0/s1. The molecule has 2 aromatic rings. The Balaban J connectivity index is 1.83. The van der Waals surface area contributed by atoms with E-state index < -0.39 is 10.0 Å². The van der Waals surface area contributed by atoms with Gasteiger partial charge in [0.1, 0.15) is 4.90 Å². The molecule has 0 bridgehead atoms. The van der Waals surface area contributed by atoms with Crippen LogP contribution in [0.15, 0.2) is 41.8 Å². The summed E-state index contributed by atoms with van der Waals surface area (Å²) in [6, 6.07) is 3.93. The molecule has 1 saturated heterocycles. The Morgan fingerprint density at radius 2 is 2.05 bits per heavy atom. The van der Waals surface area contributed by atoms with Gasteiger partial charge in [0.15, 0.2) is 0 Å². The summed E-state index contributed by atoms with van der Waals surface area (Å²) < 4.78 is 28.4. The number of aryl methyl sites for hydroxylation is 1. The zero-order chi connectivity index (χ0) is 14.9. The highest BCUT2D eigenvalue weighted by Crippen LogP contribution is 2.29. The number of pyridine rings is 1. The monoisotopic (exact) mass is 306 g/mol. The molecular formula is C14H18N4O2S. The Bertz CT molecular complexity index is 712. The van der Waals surface area contributed by atoms with Gasteiger partial charge in [0.05, 0.1) is 6.20 Å². The summed E-state index contributed by atoms with van der Waals surface area (Å²) >= 11 is 0. The van der Waals surface area contributed by atoms with Crippen molar-refractivity contribution in [2.24, 2.45) is 7.05 Å².